The quantitative estimate of drug-likeness (QED) is 0.178. The van der Waals surface area contributed by atoms with Crippen LogP contribution in [0.15, 0.2) is 103 Å². The number of esters is 2. The summed E-state index contributed by atoms with van der Waals surface area (Å²) in [6.45, 7) is 0. The molecule has 0 fully saturated rings. The van der Waals surface area contributed by atoms with Gasteiger partial charge in [0.05, 0.1) is 12.7 Å². The first kappa shape index (κ1) is 23.7. The summed E-state index contributed by atoms with van der Waals surface area (Å²) < 4.78 is 15.6. The molecule has 4 rings (SSSR count). The van der Waals surface area contributed by atoms with E-state index in [2.05, 4.69) is 0 Å². The zero-order chi connectivity index (χ0) is 21.2. The number of hydrogen-bond donors (Lipinski definition) is 0. The third-order valence-electron chi connectivity index (χ3n) is 4.02. The first-order valence-corrected chi connectivity index (χ1v) is 9.22. The van der Waals surface area contributed by atoms with Crippen LogP contribution in [-0.4, -0.2) is 19.0 Å². The Hall–Kier alpha value is -3.60. The molecular formula is C25H20FeO5-6. The zero-order valence-electron chi connectivity index (χ0n) is 16.7. The molecule has 0 unspecified atom stereocenters. The smallest absolute Gasteiger partial charge is 0.343 e. The van der Waals surface area contributed by atoms with Crippen molar-refractivity contribution in [3.63, 3.8) is 0 Å². The first-order valence-electron chi connectivity index (χ1n) is 9.22. The number of methoxy groups -OCH3 is 1. The normalized spacial score (nSPS) is 9.45. The summed E-state index contributed by atoms with van der Waals surface area (Å²) in [5, 5.41) is 0. The van der Waals surface area contributed by atoms with Crippen LogP contribution >= 0.6 is 0 Å². The molecule has 0 amide bonds. The molecular weight excluding hydrogens is 436 g/mol. The van der Waals surface area contributed by atoms with Crippen LogP contribution in [0.25, 0.3) is 0 Å². The van der Waals surface area contributed by atoms with E-state index < -0.39 is 11.9 Å². The summed E-state index contributed by atoms with van der Waals surface area (Å²) in [7, 11) is 1.56. The fourth-order valence-electron chi connectivity index (χ4n) is 2.47. The summed E-state index contributed by atoms with van der Waals surface area (Å²) in [4.78, 5) is 23.9. The molecule has 0 heterocycles. The minimum absolute atomic E-state index is 0. The van der Waals surface area contributed by atoms with Gasteiger partial charge in [-0.2, -0.15) is 12.1 Å². The molecule has 164 valence electrons. The zero-order valence-corrected chi connectivity index (χ0v) is 17.8. The van der Waals surface area contributed by atoms with Gasteiger partial charge in [0.2, 0.25) is 0 Å². The first-order chi connectivity index (χ1) is 14.7. The second-order valence-electron chi connectivity index (χ2n) is 6.11. The van der Waals surface area contributed by atoms with Gasteiger partial charge in [0.1, 0.15) is 17.2 Å². The van der Waals surface area contributed by atoms with Gasteiger partial charge in [-0.25, -0.2) is 16.9 Å². The van der Waals surface area contributed by atoms with Crippen molar-refractivity contribution >= 4 is 11.9 Å². The van der Waals surface area contributed by atoms with Crippen LogP contribution in [0.5, 0.6) is 17.2 Å². The minimum atomic E-state index is -0.482. The number of carbonyl (C=O) groups excluding carboxylic acids is 2. The van der Waals surface area contributed by atoms with E-state index in [0.717, 1.165) is 0 Å². The van der Waals surface area contributed by atoms with Gasteiger partial charge in [0, 0.05) is 17.1 Å². The standard InChI is InChI=1S/C20H15O5.C5H5.Fe/c1-23-16-8-6-15(7-9-16)20(22)25-18-12-10-17(11-13-18)24-19(21)14-4-2-3-5-14;1-2-4-5-3-1;/h2-13H,1H3;1-5H;/q-1;-5;. The van der Waals surface area contributed by atoms with E-state index in [1.54, 1.807) is 79.9 Å². The number of ether oxygens (including phenoxy) is 3. The van der Waals surface area contributed by atoms with Crippen LogP contribution in [-0.2, 0) is 17.1 Å². The van der Waals surface area contributed by atoms with E-state index in [1.165, 1.54) is 0 Å². The number of carbonyl (C=O) groups is 2. The molecule has 0 bridgehead atoms. The topological polar surface area (TPSA) is 61.8 Å². The van der Waals surface area contributed by atoms with Crippen molar-refractivity contribution in [3.05, 3.63) is 114 Å². The molecule has 0 aliphatic rings. The Balaban J connectivity index is 0.000000501. The van der Waals surface area contributed by atoms with Gasteiger partial charge in [-0.15, -0.1) is 0 Å². The van der Waals surface area contributed by atoms with Gasteiger partial charge in [-0.05, 0) is 48.5 Å². The number of hydrogen-bond acceptors (Lipinski definition) is 5. The van der Waals surface area contributed by atoms with Crippen LogP contribution < -0.4 is 14.2 Å². The van der Waals surface area contributed by atoms with Gasteiger partial charge in [0.15, 0.2) is 0 Å². The van der Waals surface area contributed by atoms with E-state index in [0.29, 0.717) is 28.4 Å². The van der Waals surface area contributed by atoms with Crippen LogP contribution in [0.3, 0.4) is 0 Å². The molecule has 4 aromatic rings. The van der Waals surface area contributed by atoms with Crippen LogP contribution in [0.4, 0.5) is 0 Å². The van der Waals surface area contributed by atoms with Crippen LogP contribution in [0.1, 0.15) is 20.7 Å². The Labute approximate surface area is 191 Å². The average molecular weight is 456 g/mol. The molecule has 6 heteroatoms. The summed E-state index contributed by atoms with van der Waals surface area (Å²) in [6, 6.07) is 29.7. The second-order valence-corrected chi connectivity index (χ2v) is 6.11. The van der Waals surface area contributed by atoms with E-state index >= 15 is 0 Å². The molecule has 4 aromatic carbocycles. The van der Waals surface area contributed by atoms with Crippen molar-refractivity contribution in [1.29, 1.82) is 0 Å². The van der Waals surface area contributed by atoms with E-state index in [1.807, 2.05) is 30.3 Å². The SMILES string of the molecule is COc1ccc(C(=O)Oc2ccc(OC(=O)[c-]3cccc3)cc2)cc1.[Fe].[cH-]1[cH-][cH-][cH-][cH-]1. The van der Waals surface area contributed by atoms with E-state index in [9.17, 15) is 9.59 Å². The Kier molecular flexibility index (Phi) is 9.30. The molecule has 0 atom stereocenters. The van der Waals surface area contributed by atoms with Crippen molar-refractivity contribution in [3.8, 4) is 17.2 Å². The largest absolute Gasteiger partial charge is 0.748 e. The molecule has 0 N–H and O–H groups in total. The van der Waals surface area contributed by atoms with E-state index in [-0.39, 0.29) is 17.1 Å². The Bertz CT molecular complexity index is 1020. The van der Waals surface area contributed by atoms with Crippen molar-refractivity contribution in [2.75, 3.05) is 7.11 Å². The summed E-state index contributed by atoms with van der Waals surface area (Å²) in [5.41, 5.74) is 0.891. The summed E-state index contributed by atoms with van der Waals surface area (Å²) in [6.07, 6.45) is 0. The molecule has 31 heavy (non-hydrogen) atoms. The van der Waals surface area contributed by atoms with Crippen molar-refractivity contribution in [1.82, 2.24) is 0 Å². The fraction of sp³-hybridized carbons (Fsp3) is 0.0400. The van der Waals surface area contributed by atoms with Crippen molar-refractivity contribution in [2.45, 2.75) is 0 Å². The Morgan fingerprint density at radius 2 is 1.16 bits per heavy atom. The van der Waals surface area contributed by atoms with Crippen molar-refractivity contribution < 1.29 is 40.9 Å². The van der Waals surface area contributed by atoms with Gasteiger partial charge >= 0.3 is 5.97 Å². The molecule has 0 aromatic heterocycles. The van der Waals surface area contributed by atoms with Gasteiger partial charge in [0.25, 0.3) is 5.97 Å². The average Bonchev–Trinajstić information content (AvgIpc) is 3.52. The maximum Gasteiger partial charge on any atom is 0.343 e. The maximum absolute atomic E-state index is 12.1. The Morgan fingerprint density at radius 1 is 0.710 bits per heavy atom. The molecule has 5 nitrogen and oxygen atoms in total. The van der Waals surface area contributed by atoms with Crippen LogP contribution in [0, 0.1) is 0 Å². The molecule has 0 saturated heterocycles. The third-order valence-corrected chi connectivity index (χ3v) is 4.02. The molecule has 0 aliphatic carbocycles. The molecule has 0 aliphatic heterocycles. The summed E-state index contributed by atoms with van der Waals surface area (Å²) in [5.74, 6) is 0.467. The fourth-order valence-corrected chi connectivity index (χ4v) is 2.47. The monoisotopic (exact) mass is 456 g/mol. The van der Waals surface area contributed by atoms with E-state index in [4.69, 9.17) is 14.2 Å². The van der Waals surface area contributed by atoms with Crippen molar-refractivity contribution in [2.24, 2.45) is 0 Å². The van der Waals surface area contributed by atoms with Gasteiger partial charge < -0.3 is 44.5 Å². The van der Waals surface area contributed by atoms with Gasteiger partial charge in [-0.1, -0.05) is 5.56 Å². The minimum Gasteiger partial charge on any atom is -0.748 e. The predicted molar refractivity (Wildman–Crippen MR) is 113 cm³/mol. The second kappa shape index (κ2) is 12.2. The molecule has 0 saturated carbocycles. The van der Waals surface area contributed by atoms with Gasteiger partial charge in [-0.3, -0.25) is 4.79 Å². The van der Waals surface area contributed by atoms with Crippen LogP contribution in [0.2, 0.25) is 0 Å². The third kappa shape index (κ3) is 7.30. The predicted octanol–water partition coefficient (Wildman–Crippen LogP) is 5.26. The Morgan fingerprint density at radius 3 is 1.65 bits per heavy atom. The maximum atomic E-state index is 12.1. The molecule has 0 radical (unpaired) electrons. The molecule has 0 spiro atoms. The number of benzene rings is 2. The summed E-state index contributed by atoms with van der Waals surface area (Å²) >= 11 is 0. The number of rotatable bonds is 5.